The molecule has 0 saturated heterocycles. The molecule has 118 valence electrons. The SMILES string of the molecule is Br.O=P(O)(c1ccccc1)c1ccc([I+]c2ccccc2)cc1. The van der Waals surface area contributed by atoms with Crippen LogP contribution >= 0.6 is 24.4 Å². The molecule has 0 aromatic heterocycles. The van der Waals surface area contributed by atoms with E-state index in [1.54, 1.807) is 36.4 Å². The van der Waals surface area contributed by atoms with E-state index in [1.165, 1.54) is 7.14 Å². The topological polar surface area (TPSA) is 37.3 Å². The molecule has 0 bridgehead atoms. The van der Waals surface area contributed by atoms with E-state index in [0.29, 0.717) is 10.6 Å². The molecule has 0 saturated carbocycles. The van der Waals surface area contributed by atoms with Crippen LogP contribution in [0.1, 0.15) is 0 Å². The Balaban J connectivity index is 0.00000192. The Hall–Kier alpha value is -0.940. The van der Waals surface area contributed by atoms with Crippen molar-refractivity contribution in [1.82, 2.24) is 0 Å². The second-order valence-electron chi connectivity index (χ2n) is 4.78. The van der Waals surface area contributed by atoms with Gasteiger partial charge in [0.2, 0.25) is 0 Å². The third-order valence-corrected chi connectivity index (χ3v) is 7.91. The standard InChI is InChI=1S/C18H14IO2P.BrH/c20-22(21,17-9-5-2-6-10-17)18-13-11-16(12-14-18)19-15-7-3-1-4-8-15;/h1-14H;1H/p+1. The molecule has 0 radical (unpaired) electrons. The summed E-state index contributed by atoms with van der Waals surface area (Å²) in [6.45, 7) is 0. The Bertz CT molecular complexity index is 792. The van der Waals surface area contributed by atoms with Crippen LogP contribution in [0.25, 0.3) is 0 Å². The number of hydrogen-bond acceptors (Lipinski definition) is 1. The Morgan fingerprint density at radius 1 is 0.652 bits per heavy atom. The highest BCUT2D eigenvalue weighted by atomic mass is 127. The van der Waals surface area contributed by atoms with Gasteiger partial charge in [-0.05, 0) is 48.5 Å². The van der Waals surface area contributed by atoms with Crippen LogP contribution in [-0.4, -0.2) is 4.89 Å². The largest absolute Gasteiger partial charge is 0.357 e. The van der Waals surface area contributed by atoms with Crippen LogP contribution in [0, 0.1) is 7.14 Å². The summed E-state index contributed by atoms with van der Waals surface area (Å²) in [5, 5.41) is 0.958. The van der Waals surface area contributed by atoms with Crippen LogP contribution < -0.4 is 31.8 Å². The lowest BCUT2D eigenvalue weighted by atomic mass is 10.4. The highest BCUT2D eigenvalue weighted by Gasteiger charge is 2.25. The Kier molecular flexibility index (Phi) is 6.60. The molecule has 2 nitrogen and oxygen atoms in total. The van der Waals surface area contributed by atoms with Gasteiger partial charge in [0.1, 0.15) is 0 Å². The monoisotopic (exact) mass is 501 g/mol. The molecule has 1 N–H and O–H groups in total. The molecule has 1 atom stereocenters. The van der Waals surface area contributed by atoms with Crippen LogP contribution in [0.3, 0.4) is 0 Å². The maximum atomic E-state index is 12.7. The van der Waals surface area contributed by atoms with Crippen LogP contribution in [0.4, 0.5) is 0 Å². The minimum absolute atomic E-state index is 0. The van der Waals surface area contributed by atoms with E-state index in [9.17, 15) is 9.46 Å². The molecule has 0 aliphatic rings. The summed E-state index contributed by atoms with van der Waals surface area (Å²) in [7, 11) is -3.49. The van der Waals surface area contributed by atoms with Crippen molar-refractivity contribution in [3.8, 4) is 0 Å². The average Bonchev–Trinajstić information content (AvgIpc) is 2.57. The quantitative estimate of drug-likeness (QED) is 0.420. The fourth-order valence-corrected chi connectivity index (χ4v) is 5.73. The van der Waals surface area contributed by atoms with Gasteiger partial charge in [-0.2, -0.15) is 0 Å². The van der Waals surface area contributed by atoms with E-state index in [1.807, 2.05) is 36.4 Å². The molecule has 0 aliphatic carbocycles. The van der Waals surface area contributed by atoms with Gasteiger partial charge in [0.15, 0.2) is 7.14 Å². The number of hydrogen-bond donors (Lipinski definition) is 1. The van der Waals surface area contributed by atoms with Gasteiger partial charge in [-0.25, -0.2) is 0 Å². The van der Waals surface area contributed by atoms with Crippen LogP contribution in [-0.2, 0) is 4.57 Å². The summed E-state index contributed by atoms with van der Waals surface area (Å²) in [6.07, 6.45) is 0. The van der Waals surface area contributed by atoms with Gasteiger partial charge in [-0.3, -0.25) is 4.57 Å². The molecular weight excluding hydrogens is 486 g/mol. The van der Waals surface area contributed by atoms with Crippen molar-refractivity contribution in [2.75, 3.05) is 0 Å². The second kappa shape index (κ2) is 8.25. The minimum Gasteiger partial charge on any atom is -0.338 e. The molecule has 23 heavy (non-hydrogen) atoms. The maximum Gasteiger partial charge on any atom is 0.357 e. The summed E-state index contributed by atoms with van der Waals surface area (Å²) >= 11 is -0.247. The first kappa shape index (κ1) is 18.4. The van der Waals surface area contributed by atoms with Crippen molar-refractivity contribution in [3.05, 3.63) is 92.1 Å². The minimum atomic E-state index is -3.49. The molecule has 0 spiro atoms. The summed E-state index contributed by atoms with van der Waals surface area (Å²) in [5.41, 5.74) is 0. The van der Waals surface area contributed by atoms with Gasteiger partial charge in [0, 0.05) is 10.6 Å². The Morgan fingerprint density at radius 3 is 1.65 bits per heavy atom. The van der Waals surface area contributed by atoms with Crippen LogP contribution in [0.2, 0.25) is 0 Å². The predicted octanol–water partition coefficient (Wildman–Crippen LogP) is 0.614. The van der Waals surface area contributed by atoms with Crippen molar-refractivity contribution in [2.24, 2.45) is 0 Å². The van der Waals surface area contributed by atoms with Gasteiger partial charge >= 0.3 is 21.2 Å². The maximum absolute atomic E-state index is 12.7. The zero-order valence-corrected chi connectivity index (χ0v) is 16.9. The molecule has 1 unspecified atom stereocenters. The normalized spacial score (nSPS) is 12.9. The van der Waals surface area contributed by atoms with E-state index >= 15 is 0 Å². The van der Waals surface area contributed by atoms with E-state index in [2.05, 4.69) is 12.1 Å². The van der Waals surface area contributed by atoms with Crippen molar-refractivity contribution < 1.29 is 30.7 Å². The van der Waals surface area contributed by atoms with Crippen molar-refractivity contribution >= 4 is 35.0 Å². The highest BCUT2D eigenvalue weighted by molar-refractivity contribution is 8.93. The molecule has 0 fully saturated rings. The lowest BCUT2D eigenvalue weighted by Gasteiger charge is -2.11. The third kappa shape index (κ3) is 4.54. The Morgan fingerprint density at radius 2 is 1.09 bits per heavy atom. The molecular formula is C18H16BrIO2P+. The lowest BCUT2D eigenvalue weighted by molar-refractivity contribution is -0.597. The van der Waals surface area contributed by atoms with Gasteiger partial charge < -0.3 is 4.89 Å². The first-order chi connectivity index (χ1) is 10.7. The molecule has 3 rings (SSSR count). The lowest BCUT2D eigenvalue weighted by Crippen LogP contribution is -3.61. The van der Waals surface area contributed by atoms with Crippen molar-refractivity contribution in [3.63, 3.8) is 0 Å². The van der Waals surface area contributed by atoms with E-state index < -0.39 is 7.37 Å². The first-order valence-corrected chi connectivity index (χ1v) is 10.7. The number of halogens is 2. The molecule has 0 aliphatic heterocycles. The fourth-order valence-electron chi connectivity index (χ4n) is 2.09. The van der Waals surface area contributed by atoms with Crippen LogP contribution in [0.15, 0.2) is 84.9 Å². The molecule has 5 heteroatoms. The molecule has 3 aromatic carbocycles. The zero-order chi connectivity index (χ0) is 15.4. The summed E-state index contributed by atoms with van der Waals surface area (Å²) in [6, 6.07) is 26.7. The third-order valence-electron chi connectivity index (χ3n) is 3.23. The predicted molar refractivity (Wildman–Crippen MR) is 96.1 cm³/mol. The highest BCUT2D eigenvalue weighted by Crippen LogP contribution is 2.37. The van der Waals surface area contributed by atoms with Gasteiger partial charge in [0.05, 0.1) is 0 Å². The zero-order valence-electron chi connectivity index (χ0n) is 12.2. The summed E-state index contributed by atoms with van der Waals surface area (Å²) in [5.74, 6) is 0. The van der Waals surface area contributed by atoms with Gasteiger partial charge in [0.25, 0.3) is 7.37 Å². The van der Waals surface area contributed by atoms with E-state index in [4.69, 9.17) is 0 Å². The molecule has 0 amide bonds. The van der Waals surface area contributed by atoms with E-state index in [-0.39, 0.29) is 38.2 Å². The smallest absolute Gasteiger partial charge is 0.338 e. The number of benzene rings is 3. The number of rotatable bonds is 4. The van der Waals surface area contributed by atoms with Crippen molar-refractivity contribution in [2.45, 2.75) is 0 Å². The molecule has 0 heterocycles. The molecule has 3 aromatic rings. The Labute approximate surface area is 157 Å². The average molecular weight is 502 g/mol. The van der Waals surface area contributed by atoms with Gasteiger partial charge in [-0.15, -0.1) is 17.0 Å². The van der Waals surface area contributed by atoms with E-state index in [0.717, 1.165) is 0 Å². The second-order valence-corrected chi connectivity index (χ2v) is 9.99. The van der Waals surface area contributed by atoms with Crippen LogP contribution in [0.5, 0.6) is 0 Å². The first-order valence-electron chi connectivity index (χ1n) is 6.85. The fraction of sp³-hybridized carbons (Fsp3) is 0. The van der Waals surface area contributed by atoms with Crippen molar-refractivity contribution in [1.29, 1.82) is 0 Å². The summed E-state index contributed by atoms with van der Waals surface area (Å²) in [4.78, 5) is 10.4. The van der Waals surface area contributed by atoms with Gasteiger partial charge in [-0.1, -0.05) is 36.4 Å². The summed E-state index contributed by atoms with van der Waals surface area (Å²) < 4.78 is 15.2.